The third kappa shape index (κ3) is 8.48. The van der Waals surface area contributed by atoms with Gasteiger partial charge in [0.15, 0.2) is 5.78 Å². The third-order valence-corrected chi connectivity index (χ3v) is 4.84. The standard InChI is InChI=1S/C22H25FO3.2C2H6/c1-14(11-22(25)26-4)5-10-19-15(2)12-21(24)20(16(19)3)13-17-6-8-18(23)9-7-17;2*1-2/h5-11,15,19H,12-13H2,1-4H3;2*1-2H3/b10-5+,14-11+;;. The highest BCUT2D eigenvalue weighted by Crippen LogP contribution is 2.35. The fourth-order valence-corrected chi connectivity index (χ4v) is 3.32. The molecule has 0 saturated carbocycles. The van der Waals surface area contributed by atoms with E-state index in [1.165, 1.54) is 25.3 Å². The Morgan fingerprint density at radius 2 is 1.73 bits per heavy atom. The molecule has 0 amide bonds. The van der Waals surface area contributed by atoms with Gasteiger partial charge >= 0.3 is 5.97 Å². The summed E-state index contributed by atoms with van der Waals surface area (Å²) in [4.78, 5) is 23.8. The molecule has 0 bridgehead atoms. The zero-order valence-corrected chi connectivity index (χ0v) is 19.7. The van der Waals surface area contributed by atoms with Crippen molar-refractivity contribution in [2.45, 2.75) is 61.3 Å². The molecule has 0 radical (unpaired) electrons. The first-order valence-electron chi connectivity index (χ1n) is 10.7. The molecule has 3 nitrogen and oxygen atoms in total. The van der Waals surface area contributed by atoms with E-state index in [2.05, 4.69) is 11.7 Å². The highest BCUT2D eigenvalue weighted by atomic mass is 19.1. The molecule has 4 heteroatoms. The molecule has 1 aromatic rings. The highest BCUT2D eigenvalue weighted by Gasteiger charge is 2.29. The number of esters is 1. The van der Waals surface area contributed by atoms with Crippen molar-refractivity contribution in [3.05, 3.63) is 70.6 Å². The summed E-state index contributed by atoms with van der Waals surface area (Å²) in [7, 11) is 1.35. The van der Waals surface area contributed by atoms with Crippen LogP contribution in [-0.2, 0) is 20.7 Å². The average molecular weight is 417 g/mol. The third-order valence-electron chi connectivity index (χ3n) is 4.84. The second kappa shape index (κ2) is 14.5. The molecule has 0 aromatic heterocycles. The van der Waals surface area contributed by atoms with Gasteiger partial charge in [-0.25, -0.2) is 9.18 Å². The van der Waals surface area contributed by atoms with Crippen LogP contribution in [0.1, 0.15) is 60.5 Å². The molecule has 2 unspecified atom stereocenters. The second-order valence-electron chi connectivity index (χ2n) is 6.87. The van der Waals surface area contributed by atoms with Crippen molar-refractivity contribution < 1.29 is 18.7 Å². The molecule has 0 spiro atoms. The lowest BCUT2D eigenvalue weighted by Gasteiger charge is -2.29. The van der Waals surface area contributed by atoms with Crippen molar-refractivity contribution >= 4 is 11.8 Å². The molecule has 0 N–H and O–H groups in total. The zero-order chi connectivity index (χ0) is 23.3. The number of hydrogen-bond donors (Lipinski definition) is 0. The quantitative estimate of drug-likeness (QED) is 0.307. The summed E-state index contributed by atoms with van der Waals surface area (Å²) >= 11 is 0. The van der Waals surface area contributed by atoms with Gasteiger partial charge in [0, 0.05) is 24.8 Å². The van der Waals surface area contributed by atoms with Crippen LogP contribution in [0.3, 0.4) is 0 Å². The van der Waals surface area contributed by atoms with Crippen molar-refractivity contribution in [2.24, 2.45) is 11.8 Å². The number of Topliss-reactive ketones (excluding diaryl/α,β-unsaturated/α-hetero) is 1. The minimum atomic E-state index is -0.386. The molecular weight excluding hydrogens is 379 g/mol. The largest absolute Gasteiger partial charge is 0.466 e. The summed E-state index contributed by atoms with van der Waals surface area (Å²) in [5.41, 5.74) is 3.57. The molecule has 2 rings (SSSR count). The van der Waals surface area contributed by atoms with Crippen LogP contribution in [0.2, 0.25) is 0 Å². The second-order valence-corrected chi connectivity index (χ2v) is 6.87. The minimum absolute atomic E-state index is 0.129. The zero-order valence-electron chi connectivity index (χ0n) is 19.7. The molecule has 0 fully saturated rings. The van der Waals surface area contributed by atoms with E-state index in [0.717, 1.165) is 22.3 Å². The predicted molar refractivity (Wildman–Crippen MR) is 123 cm³/mol. The number of hydrogen-bond acceptors (Lipinski definition) is 3. The fraction of sp³-hybridized carbons (Fsp3) is 0.462. The van der Waals surface area contributed by atoms with Crippen molar-refractivity contribution in [2.75, 3.05) is 7.11 Å². The normalized spacial score (nSPS) is 19.0. The van der Waals surface area contributed by atoms with Crippen molar-refractivity contribution in [1.82, 2.24) is 0 Å². The molecule has 1 aromatic carbocycles. The summed E-state index contributed by atoms with van der Waals surface area (Å²) < 4.78 is 17.7. The molecule has 0 heterocycles. The SMILES string of the molecule is CC.CC.COC(=O)/C=C(C)/C=C/C1C(C)=C(Cc2ccc(F)cc2)C(=O)CC1C. The number of rotatable bonds is 5. The lowest BCUT2D eigenvalue weighted by atomic mass is 9.74. The van der Waals surface area contributed by atoms with Crippen LogP contribution in [-0.4, -0.2) is 18.9 Å². The maximum absolute atomic E-state index is 13.1. The molecule has 1 aliphatic rings. The summed E-state index contributed by atoms with van der Waals surface area (Å²) in [5.74, 6) is -0.184. The lowest BCUT2D eigenvalue weighted by molar-refractivity contribution is -0.134. The molecule has 0 saturated heterocycles. The maximum Gasteiger partial charge on any atom is 0.330 e. The van der Waals surface area contributed by atoms with E-state index < -0.39 is 0 Å². The van der Waals surface area contributed by atoms with Gasteiger partial charge in [-0.1, -0.05) is 64.5 Å². The first-order chi connectivity index (χ1) is 14.3. The van der Waals surface area contributed by atoms with E-state index in [0.29, 0.717) is 12.8 Å². The average Bonchev–Trinajstić information content (AvgIpc) is 2.75. The van der Waals surface area contributed by atoms with Crippen molar-refractivity contribution in [3.63, 3.8) is 0 Å². The molecule has 166 valence electrons. The molecule has 2 atom stereocenters. The number of allylic oxidation sites excluding steroid dienone is 5. The van der Waals surface area contributed by atoms with Crippen LogP contribution in [0.5, 0.6) is 0 Å². The number of benzene rings is 1. The monoisotopic (exact) mass is 416 g/mol. The topological polar surface area (TPSA) is 43.4 Å². The van der Waals surface area contributed by atoms with Gasteiger partial charge in [-0.2, -0.15) is 0 Å². The van der Waals surface area contributed by atoms with Gasteiger partial charge in [-0.05, 0) is 48.6 Å². The van der Waals surface area contributed by atoms with Gasteiger partial charge in [0.2, 0.25) is 0 Å². The Labute approximate surface area is 181 Å². The smallest absolute Gasteiger partial charge is 0.330 e. The Balaban J connectivity index is 0.00000198. The Morgan fingerprint density at radius 1 is 1.17 bits per heavy atom. The number of carbonyl (C=O) groups is 2. The van der Waals surface area contributed by atoms with Crippen LogP contribution >= 0.6 is 0 Å². The molecule has 0 aliphatic heterocycles. The Kier molecular flexibility index (Phi) is 13.3. The van der Waals surface area contributed by atoms with Gasteiger partial charge < -0.3 is 4.74 Å². The fourth-order valence-electron chi connectivity index (χ4n) is 3.32. The van der Waals surface area contributed by atoms with Gasteiger partial charge in [-0.3, -0.25) is 4.79 Å². The molecular formula is C26H37FO3. The van der Waals surface area contributed by atoms with Crippen molar-refractivity contribution in [3.8, 4) is 0 Å². The van der Waals surface area contributed by atoms with E-state index in [4.69, 9.17) is 0 Å². The van der Waals surface area contributed by atoms with Gasteiger partial charge in [0.1, 0.15) is 5.82 Å². The predicted octanol–water partition coefficient (Wildman–Crippen LogP) is 6.64. The number of ether oxygens (including phenoxy) is 1. The van der Waals surface area contributed by atoms with Crippen LogP contribution in [0.4, 0.5) is 4.39 Å². The number of halogens is 1. The Hall–Kier alpha value is -2.49. The number of carbonyl (C=O) groups excluding carboxylic acids is 2. The van der Waals surface area contributed by atoms with Crippen molar-refractivity contribution in [1.29, 1.82) is 0 Å². The van der Waals surface area contributed by atoms with E-state index in [9.17, 15) is 14.0 Å². The van der Waals surface area contributed by atoms with Gasteiger partial charge in [0.05, 0.1) is 7.11 Å². The Morgan fingerprint density at radius 3 is 2.27 bits per heavy atom. The summed E-state index contributed by atoms with van der Waals surface area (Å²) in [6.45, 7) is 13.9. The van der Waals surface area contributed by atoms with E-state index in [-0.39, 0.29) is 29.4 Å². The highest BCUT2D eigenvalue weighted by molar-refractivity contribution is 5.97. The molecule has 30 heavy (non-hydrogen) atoms. The lowest BCUT2D eigenvalue weighted by Crippen LogP contribution is -2.25. The minimum Gasteiger partial charge on any atom is -0.466 e. The van der Waals surface area contributed by atoms with E-state index >= 15 is 0 Å². The number of ketones is 1. The van der Waals surface area contributed by atoms with Gasteiger partial charge in [-0.15, -0.1) is 0 Å². The summed E-state index contributed by atoms with van der Waals surface area (Å²) in [6, 6.07) is 6.27. The Bertz CT molecular complexity index is 770. The van der Waals surface area contributed by atoms with E-state index in [1.807, 2.05) is 53.7 Å². The first-order valence-corrected chi connectivity index (χ1v) is 10.7. The van der Waals surface area contributed by atoms with Crippen LogP contribution in [0, 0.1) is 17.7 Å². The van der Waals surface area contributed by atoms with Gasteiger partial charge in [0.25, 0.3) is 0 Å². The summed E-state index contributed by atoms with van der Waals surface area (Å²) in [5, 5.41) is 0. The number of methoxy groups -OCH3 is 1. The summed E-state index contributed by atoms with van der Waals surface area (Å²) in [6.07, 6.45) is 6.38. The first kappa shape index (κ1) is 27.5. The van der Waals surface area contributed by atoms with Crippen LogP contribution in [0.15, 0.2) is 59.2 Å². The van der Waals surface area contributed by atoms with Crippen LogP contribution < -0.4 is 0 Å². The maximum atomic E-state index is 13.1. The van der Waals surface area contributed by atoms with E-state index in [1.54, 1.807) is 12.1 Å². The molecule has 1 aliphatic carbocycles. The van der Waals surface area contributed by atoms with Crippen LogP contribution in [0.25, 0.3) is 0 Å².